The Balaban J connectivity index is 2.47. The summed E-state index contributed by atoms with van der Waals surface area (Å²) in [6.07, 6.45) is -10.3. The van der Waals surface area contributed by atoms with Crippen LogP contribution in [0.3, 0.4) is 0 Å². The number of ether oxygens (including phenoxy) is 2. The van der Waals surface area contributed by atoms with Crippen LogP contribution in [0.25, 0.3) is 0 Å². The second-order valence-corrected chi connectivity index (χ2v) is 4.89. The number of carbonyl (C=O) groups excluding carboxylic acids is 1. The highest BCUT2D eigenvalue weighted by atomic mass is 16.7. The summed E-state index contributed by atoms with van der Waals surface area (Å²) in [4.78, 5) is 10.2. The number of hydrogen-bond acceptors (Lipinski definition) is 10. The molecule has 1 aliphatic rings. The van der Waals surface area contributed by atoms with E-state index in [2.05, 4.69) is 0 Å². The molecule has 21 heavy (non-hydrogen) atoms. The summed E-state index contributed by atoms with van der Waals surface area (Å²) in [6.45, 7) is -1.77. The molecule has 0 aromatic rings. The van der Waals surface area contributed by atoms with E-state index < -0.39 is 55.6 Å². The Kier molecular flexibility index (Phi) is 6.59. The van der Waals surface area contributed by atoms with E-state index in [1.807, 2.05) is 0 Å². The summed E-state index contributed by atoms with van der Waals surface area (Å²) in [5.41, 5.74) is -1.89. The average Bonchev–Trinajstić information content (AvgIpc) is 2.78. The van der Waals surface area contributed by atoms with Gasteiger partial charge in [-0.15, -0.1) is 0 Å². The van der Waals surface area contributed by atoms with E-state index in [0.29, 0.717) is 0 Å². The third kappa shape index (κ3) is 4.16. The third-order valence-corrected chi connectivity index (χ3v) is 3.24. The molecule has 0 aromatic heterocycles. The van der Waals surface area contributed by atoms with Crippen molar-refractivity contribution in [1.29, 1.82) is 0 Å². The maximum Gasteiger partial charge on any atom is 0.186 e. The minimum absolute atomic E-state index is 0.00728. The van der Waals surface area contributed by atoms with E-state index in [1.54, 1.807) is 0 Å². The molecule has 0 unspecified atom stereocenters. The largest absolute Gasteiger partial charge is 0.393 e. The fourth-order valence-corrected chi connectivity index (χ4v) is 1.74. The molecule has 10 heteroatoms. The number of aliphatic hydroxyl groups is 7. The van der Waals surface area contributed by atoms with E-state index in [4.69, 9.17) is 19.7 Å². The highest BCUT2D eigenvalue weighted by molar-refractivity contribution is 5.56. The third-order valence-electron chi connectivity index (χ3n) is 3.24. The molecular formula is C11H20O10. The topological polar surface area (TPSA) is 177 Å². The quantitative estimate of drug-likeness (QED) is 0.215. The molecule has 7 atom stereocenters. The van der Waals surface area contributed by atoms with Gasteiger partial charge < -0.3 is 50.0 Å². The Morgan fingerprint density at radius 2 is 1.90 bits per heavy atom. The zero-order valence-electron chi connectivity index (χ0n) is 11.0. The molecule has 1 saturated heterocycles. The van der Waals surface area contributed by atoms with Crippen molar-refractivity contribution in [2.75, 3.05) is 19.8 Å². The molecule has 1 fully saturated rings. The van der Waals surface area contributed by atoms with Crippen molar-refractivity contribution in [2.24, 2.45) is 0 Å². The molecule has 7 N–H and O–H groups in total. The molecule has 124 valence electrons. The summed E-state index contributed by atoms with van der Waals surface area (Å²) < 4.78 is 9.81. The number of carbonyl (C=O) groups is 1. The van der Waals surface area contributed by atoms with Gasteiger partial charge in [-0.1, -0.05) is 0 Å². The zero-order valence-corrected chi connectivity index (χ0v) is 11.0. The maximum atomic E-state index is 10.2. The van der Waals surface area contributed by atoms with Gasteiger partial charge in [-0.3, -0.25) is 0 Å². The van der Waals surface area contributed by atoms with Gasteiger partial charge in [0.1, 0.15) is 36.1 Å². The van der Waals surface area contributed by atoms with Crippen molar-refractivity contribution < 1.29 is 50.0 Å². The lowest BCUT2D eigenvalue weighted by molar-refractivity contribution is -0.190. The van der Waals surface area contributed by atoms with Gasteiger partial charge in [-0.05, 0) is 0 Å². The first-order chi connectivity index (χ1) is 9.76. The lowest BCUT2D eigenvalue weighted by Crippen LogP contribution is -2.49. The summed E-state index contributed by atoms with van der Waals surface area (Å²) in [5, 5.41) is 65.6. The van der Waals surface area contributed by atoms with Crippen LogP contribution in [0.2, 0.25) is 0 Å². The predicted molar refractivity (Wildman–Crippen MR) is 63.8 cm³/mol. The van der Waals surface area contributed by atoms with Gasteiger partial charge in [0.25, 0.3) is 0 Å². The minimum atomic E-state index is -1.91. The zero-order chi connectivity index (χ0) is 16.2. The molecule has 0 bridgehead atoms. The standard InChI is InChI=1S/C11H20O10/c12-1-5(14)7(16)8(17)6(15)2-20-10-9(18)11(19,3-13)4-21-10/h1,5-10,13-19H,2-4H2/t5-,6+,7+,8+,9-,10+,11+/m0/s1. The minimum Gasteiger partial charge on any atom is -0.393 e. The number of hydrogen-bond donors (Lipinski definition) is 7. The Bertz CT molecular complexity index is 339. The molecular weight excluding hydrogens is 292 g/mol. The fraction of sp³-hybridized carbons (Fsp3) is 0.909. The van der Waals surface area contributed by atoms with Crippen molar-refractivity contribution in [3.63, 3.8) is 0 Å². The van der Waals surface area contributed by atoms with E-state index in [0.717, 1.165) is 0 Å². The molecule has 0 saturated carbocycles. The monoisotopic (exact) mass is 312 g/mol. The first kappa shape index (κ1) is 18.4. The number of rotatable bonds is 8. The molecule has 1 aliphatic heterocycles. The first-order valence-electron chi connectivity index (χ1n) is 6.19. The maximum absolute atomic E-state index is 10.2. The Hall–Kier alpha value is -0.690. The van der Waals surface area contributed by atoms with Gasteiger partial charge in [-0.25, -0.2) is 0 Å². The lowest BCUT2D eigenvalue weighted by atomic mass is 10.0. The van der Waals surface area contributed by atoms with E-state index >= 15 is 0 Å². The number of aliphatic hydroxyl groups excluding tert-OH is 6. The second-order valence-electron chi connectivity index (χ2n) is 4.89. The summed E-state index contributed by atoms with van der Waals surface area (Å²) in [5.74, 6) is 0. The van der Waals surface area contributed by atoms with Crippen LogP contribution in [0.1, 0.15) is 0 Å². The SMILES string of the molecule is O=C[C@H](O)[C@@H](O)[C@H](O)[C@H](O)CO[C@@H]1OC[C@](O)(CO)[C@H]1O. The smallest absolute Gasteiger partial charge is 0.186 e. The Morgan fingerprint density at radius 1 is 1.29 bits per heavy atom. The predicted octanol–water partition coefficient (Wildman–Crippen LogP) is -4.91. The fourth-order valence-electron chi connectivity index (χ4n) is 1.74. The van der Waals surface area contributed by atoms with Gasteiger partial charge in [0.05, 0.1) is 19.8 Å². The highest BCUT2D eigenvalue weighted by Gasteiger charge is 2.48. The molecule has 0 aromatic carbocycles. The summed E-state index contributed by atoms with van der Waals surface area (Å²) in [6, 6.07) is 0. The van der Waals surface area contributed by atoms with Gasteiger partial charge in [0, 0.05) is 0 Å². The van der Waals surface area contributed by atoms with Gasteiger partial charge in [0.2, 0.25) is 0 Å². The highest BCUT2D eigenvalue weighted by Crippen LogP contribution is 2.25. The number of aldehydes is 1. The molecule has 0 spiro atoms. The van der Waals surface area contributed by atoms with Gasteiger partial charge in [0.15, 0.2) is 12.6 Å². The van der Waals surface area contributed by atoms with Crippen LogP contribution in [0, 0.1) is 0 Å². The Labute approximate surface area is 119 Å². The molecule has 10 nitrogen and oxygen atoms in total. The van der Waals surface area contributed by atoms with Crippen LogP contribution < -0.4 is 0 Å². The van der Waals surface area contributed by atoms with E-state index in [1.165, 1.54) is 0 Å². The lowest BCUT2D eigenvalue weighted by Gasteiger charge is -2.26. The van der Waals surface area contributed by atoms with E-state index in [-0.39, 0.29) is 12.9 Å². The van der Waals surface area contributed by atoms with Crippen LogP contribution in [-0.2, 0) is 14.3 Å². The molecule has 0 aliphatic carbocycles. The van der Waals surface area contributed by atoms with Gasteiger partial charge in [-0.2, -0.15) is 0 Å². The summed E-state index contributed by atoms with van der Waals surface area (Å²) >= 11 is 0. The van der Waals surface area contributed by atoms with Crippen molar-refractivity contribution in [1.82, 2.24) is 0 Å². The second kappa shape index (κ2) is 7.54. The van der Waals surface area contributed by atoms with Crippen molar-refractivity contribution >= 4 is 6.29 Å². The van der Waals surface area contributed by atoms with Crippen LogP contribution >= 0.6 is 0 Å². The van der Waals surface area contributed by atoms with Crippen molar-refractivity contribution in [3.8, 4) is 0 Å². The van der Waals surface area contributed by atoms with E-state index in [9.17, 15) is 30.3 Å². The van der Waals surface area contributed by atoms with Crippen LogP contribution in [0.15, 0.2) is 0 Å². The Morgan fingerprint density at radius 3 is 2.38 bits per heavy atom. The molecule has 0 radical (unpaired) electrons. The normalized spacial score (nSPS) is 35.2. The molecule has 1 heterocycles. The molecule has 1 rings (SSSR count). The van der Waals surface area contributed by atoms with Crippen LogP contribution in [-0.4, -0.2) is 104 Å². The average molecular weight is 312 g/mol. The van der Waals surface area contributed by atoms with Crippen molar-refractivity contribution in [3.05, 3.63) is 0 Å². The summed E-state index contributed by atoms with van der Waals surface area (Å²) in [7, 11) is 0. The van der Waals surface area contributed by atoms with Crippen molar-refractivity contribution in [2.45, 2.75) is 42.4 Å². The first-order valence-corrected chi connectivity index (χ1v) is 6.19. The van der Waals surface area contributed by atoms with Crippen LogP contribution in [0.5, 0.6) is 0 Å². The van der Waals surface area contributed by atoms with Gasteiger partial charge >= 0.3 is 0 Å². The molecule has 0 amide bonds. The van der Waals surface area contributed by atoms with Crippen LogP contribution in [0.4, 0.5) is 0 Å².